The number of carbonyl (C=O) groups excluding carboxylic acids is 3. The number of epoxide rings is 1. The van der Waals surface area contributed by atoms with Crippen LogP contribution in [0.2, 0.25) is 0 Å². The number of hydrogen-bond donors (Lipinski definition) is 1. The van der Waals surface area contributed by atoms with Crippen LogP contribution in [0.3, 0.4) is 0 Å². The summed E-state index contributed by atoms with van der Waals surface area (Å²) in [5.74, 6) is -0.227. The smallest absolute Gasteiger partial charge is 0.303 e. The maximum absolute atomic E-state index is 12.9. The van der Waals surface area contributed by atoms with Gasteiger partial charge in [-0.3, -0.25) is 14.4 Å². The molecule has 1 aliphatic heterocycles. The molecule has 6 heteroatoms. The van der Waals surface area contributed by atoms with E-state index in [-0.39, 0.29) is 41.3 Å². The molecule has 1 unspecified atom stereocenters. The molecule has 158 valence electrons. The number of carbonyl (C=O) groups is 3. The van der Waals surface area contributed by atoms with Crippen LogP contribution in [0.25, 0.3) is 0 Å². The van der Waals surface area contributed by atoms with Crippen molar-refractivity contribution < 1.29 is 29.0 Å². The van der Waals surface area contributed by atoms with Gasteiger partial charge in [0.25, 0.3) is 0 Å². The number of ketones is 2. The van der Waals surface area contributed by atoms with Crippen LogP contribution >= 0.6 is 0 Å². The molecule has 0 aromatic carbocycles. The molecule has 0 aromatic rings. The summed E-state index contributed by atoms with van der Waals surface area (Å²) in [6, 6.07) is 0. The van der Waals surface area contributed by atoms with Gasteiger partial charge in [0, 0.05) is 24.2 Å². The minimum atomic E-state index is -1.48. The zero-order valence-electron chi connectivity index (χ0n) is 17.5. The third kappa shape index (κ3) is 2.22. The average Bonchev–Trinajstić information content (AvgIpc) is 3.32. The van der Waals surface area contributed by atoms with E-state index in [4.69, 9.17) is 9.47 Å². The van der Waals surface area contributed by atoms with Gasteiger partial charge >= 0.3 is 5.97 Å². The molecular formula is C23H30O6. The minimum absolute atomic E-state index is 0.00167. The lowest BCUT2D eigenvalue weighted by atomic mass is 9.46. The van der Waals surface area contributed by atoms with Crippen molar-refractivity contribution in [3.8, 4) is 0 Å². The molecule has 5 rings (SSSR count). The molecule has 0 aromatic heterocycles. The summed E-state index contributed by atoms with van der Waals surface area (Å²) in [6.07, 6.45) is 6.88. The largest absolute Gasteiger partial charge is 0.458 e. The van der Waals surface area contributed by atoms with Crippen molar-refractivity contribution in [2.45, 2.75) is 83.0 Å². The standard InChI is InChI=1S/C23H30O6/c1-13(24)28-12-18(26)22(27)9-7-16-17-5-4-14-10-15(25)6-8-20(14,2)23(17)19(29-23)11-21(16,22)3/h10,16-17,19,27H,4-9,11-12H2,1-3H3/t16-,17-,19?,20-,21-,22-,23-/m0/s1. The number of aliphatic hydroxyl groups is 1. The second-order valence-electron chi connectivity index (χ2n) is 10.3. The van der Waals surface area contributed by atoms with Crippen LogP contribution in [-0.2, 0) is 23.9 Å². The van der Waals surface area contributed by atoms with E-state index >= 15 is 0 Å². The summed E-state index contributed by atoms with van der Waals surface area (Å²) >= 11 is 0. The van der Waals surface area contributed by atoms with Gasteiger partial charge in [0.1, 0.15) is 11.2 Å². The molecule has 4 fully saturated rings. The highest BCUT2D eigenvalue weighted by Crippen LogP contribution is 2.76. The molecule has 1 N–H and O–H groups in total. The highest BCUT2D eigenvalue weighted by Gasteiger charge is 2.81. The topological polar surface area (TPSA) is 93.2 Å². The predicted molar refractivity (Wildman–Crippen MR) is 103 cm³/mol. The molecule has 7 atom stereocenters. The Morgan fingerprint density at radius 2 is 1.97 bits per heavy atom. The number of ether oxygens (including phenoxy) is 2. The SMILES string of the molecule is CC(=O)OCC(=O)[C@@]1(O)CC[C@H]2[C@@H]3CCC4=CC(=O)CC[C@]4(C)[C@]34OC4C[C@@]21C. The van der Waals surface area contributed by atoms with Crippen molar-refractivity contribution in [2.24, 2.45) is 22.7 Å². The number of Topliss-reactive ketones (excluding diaryl/α,β-unsaturated/α-hetero) is 1. The van der Waals surface area contributed by atoms with E-state index < -0.39 is 22.8 Å². The highest BCUT2D eigenvalue weighted by molar-refractivity contribution is 5.92. The van der Waals surface area contributed by atoms with Crippen LogP contribution in [-0.4, -0.2) is 46.6 Å². The number of fused-ring (bicyclic) bond motifs is 3. The molecule has 0 radical (unpaired) electrons. The van der Waals surface area contributed by atoms with Crippen molar-refractivity contribution in [3.05, 3.63) is 11.6 Å². The van der Waals surface area contributed by atoms with Crippen LogP contribution in [0.1, 0.15) is 65.7 Å². The van der Waals surface area contributed by atoms with Crippen LogP contribution in [0.5, 0.6) is 0 Å². The predicted octanol–water partition coefficient (Wildman–Crippen LogP) is 2.51. The van der Waals surface area contributed by atoms with Crippen molar-refractivity contribution >= 4 is 17.5 Å². The Morgan fingerprint density at radius 3 is 2.69 bits per heavy atom. The molecule has 1 heterocycles. The normalized spacial score (nSPS) is 49.9. The Balaban J connectivity index is 1.48. The lowest BCUT2D eigenvalue weighted by Crippen LogP contribution is -2.62. The zero-order valence-corrected chi connectivity index (χ0v) is 17.5. The summed E-state index contributed by atoms with van der Waals surface area (Å²) in [4.78, 5) is 36.1. The average molecular weight is 402 g/mol. The zero-order chi connectivity index (χ0) is 20.8. The van der Waals surface area contributed by atoms with Crippen molar-refractivity contribution in [1.29, 1.82) is 0 Å². The quantitative estimate of drug-likeness (QED) is 0.576. The molecule has 4 aliphatic carbocycles. The highest BCUT2D eigenvalue weighted by atomic mass is 16.6. The number of rotatable bonds is 3. The fourth-order valence-corrected chi connectivity index (χ4v) is 7.77. The summed E-state index contributed by atoms with van der Waals surface area (Å²) < 4.78 is 11.4. The van der Waals surface area contributed by atoms with Gasteiger partial charge in [-0.05, 0) is 56.4 Å². The van der Waals surface area contributed by atoms with E-state index in [0.717, 1.165) is 25.7 Å². The van der Waals surface area contributed by atoms with Gasteiger partial charge < -0.3 is 14.6 Å². The van der Waals surface area contributed by atoms with E-state index in [9.17, 15) is 19.5 Å². The number of esters is 1. The van der Waals surface area contributed by atoms with Gasteiger partial charge in [-0.15, -0.1) is 0 Å². The second kappa shape index (κ2) is 5.79. The van der Waals surface area contributed by atoms with E-state index in [1.807, 2.05) is 13.0 Å². The van der Waals surface area contributed by atoms with Gasteiger partial charge in [0.15, 0.2) is 12.4 Å². The van der Waals surface area contributed by atoms with Crippen molar-refractivity contribution in [1.82, 2.24) is 0 Å². The van der Waals surface area contributed by atoms with Gasteiger partial charge in [-0.25, -0.2) is 0 Å². The Kier molecular flexibility index (Phi) is 3.88. The molecule has 6 nitrogen and oxygen atoms in total. The molecule has 0 amide bonds. The Morgan fingerprint density at radius 1 is 1.21 bits per heavy atom. The first-order valence-electron chi connectivity index (χ1n) is 10.9. The summed E-state index contributed by atoms with van der Waals surface area (Å²) in [6.45, 7) is 5.18. The first-order valence-corrected chi connectivity index (χ1v) is 10.9. The molecular weight excluding hydrogens is 372 g/mol. The van der Waals surface area contributed by atoms with E-state index in [1.54, 1.807) is 0 Å². The summed E-state index contributed by atoms with van der Waals surface area (Å²) in [5.41, 5.74) is -1.22. The van der Waals surface area contributed by atoms with Crippen LogP contribution in [0, 0.1) is 22.7 Å². The van der Waals surface area contributed by atoms with Crippen LogP contribution < -0.4 is 0 Å². The van der Waals surface area contributed by atoms with Gasteiger partial charge in [-0.1, -0.05) is 19.4 Å². The van der Waals surface area contributed by atoms with Crippen molar-refractivity contribution in [3.63, 3.8) is 0 Å². The Bertz CT molecular complexity index is 846. The molecule has 0 bridgehead atoms. The van der Waals surface area contributed by atoms with Crippen molar-refractivity contribution in [2.75, 3.05) is 6.61 Å². The third-order valence-corrected chi connectivity index (χ3v) is 9.35. The molecule has 1 saturated heterocycles. The van der Waals surface area contributed by atoms with Gasteiger partial charge in [-0.2, -0.15) is 0 Å². The maximum atomic E-state index is 12.9. The Labute approximate surface area is 171 Å². The van der Waals surface area contributed by atoms with Crippen LogP contribution in [0.4, 0.5) is 0 Å². The van der Waals surface area contributed by atoms with E-state index in [2.05, 4.69) is 6.92 Å². The third-order valence-electron chi connectivity index (χ3n) is 9.35. The van der Waals surface area contributed by atoms with Gasteiger partial charge in [0.2, 0.25) is 5.78 Å². The fraction of sp³-hybridized carbons (Fsp3) is 0.783. The fourth-order valence-electron chi connectivity index (χ4n) is 7.77. The maximum Gasteiger partial charge on any atom is 0.303 e. The van der Waals surface area contributed by atoms with E-state index in [1.165, 1.54) is 12.5 Å². The van der Waals surface area contributed by atoms with Crippen LogP contribution in [0.15, 0.2) is 11.6 Å². The molecule has 1 spiro atoms. The van der Waals surface area contributed by atoms with Gasteiger partial charge in [0.05, 0.1) is 6.10 Å². The summed E-state index contributed by atoms with van der Waals surface area (Å²) in [7, 11) is 0. The lowest BCUT2D eigenvalue weighted by Gasteiger charge is -2.56. The Hall–Kier alpha value is -1.53. The molecule has 3 saturated carbocycles. The molecule has 29 heavy (non-hydrogen) atoms. The monoisotopic (exact) mass is 402 g/mol. The molecule has 5 aliphatic rings. The lowest BCUT2D eigenvalue weighted by molar-refractivity contribution is -0.166. The summed E-state index contributed by atoms with van der Waals surface area (Å²) in [5, 5.41) is 11.5. The number of hydrogen-bond acceptors (Lipinski definition) is 6. The van der Waals surface area contributed by atoms with E-state index in [0.29, 0.717) is 19.3 Å². The first-order chi connectivity index (χ1) is 13.6. The minimum Gasteiger partial charge on any atom is -0.458 e. The second-order valence-corrected chi connectivity index (χ2v) is 10.3. The first kappa shape index (κ1) is 19.4.